The molecule has 1 fully saturated rings. The molecule has 1 amide bonds. The van der Waals surface area contributed by atoms with Crippen LogP contribution < -0.4 is 34.5 Å². The Morgan fingerprint density at radius 1 is 0.612 bits per heavy atom. The van der Waals surface area contributed by atoms with Crippen LogP contribution in [0.4, 0.5) is 0 Å². The molecule has 0 atom stereocenters. The lowest BCUT2D eigenvalue weighted by Gasteiger charge is -2.32. The molecular weight excluding hydrogens is 682 g/mol. The van der Waals surface area contributed by atoms with E-state index in [1.54, 1.807) is 0 Å². The molecule has 1 saturated heterocycles. The van der Waals surface area contributed by atoms with Crippen molar-refractivity contribution in [3.63, 3.8) is 0 Å². The summed E-state index contributed by atoms with van der Waals surface area (Å²) in [4.78, 5) is 21.8. The van der Waals surface area contributed by atoms with Crippen LogP contribution >= 0.6 is 18.9 Å². The molecule has 1 heterocycles. The Bertz CT molecular complexity index is 1750. The van der Waals surface area contributed by atoms with Crippen molar-refractivity contribution in [2.24, 2.45) is 4.99 Å². The first kappa shape index (κ1) is 36.1. The van der Waals surface area contributed by atoms with E-state index >= 15 is 0 Å². The topological polar surface area (TPSA) is 134 Å². The number of hydrogen-bond acceptors (Lipinski definition) is 7. The van der Waals surface area contributed by atoms with Crippen molar-refractivity contribution >= 4 is 51.2 Å². The molecule has 0 spiro atoms. The summed E-state index contributed by atoms with van der Waals surface area (Å²) in [5, 5.41) is 4.49. The lowest BCUT2D eigenvalue weighted by atomic mass is 10.1. The summed E-state index contributed by atoms with van der Waals surface area (Å²) in [7, 11) is -7.70. The molecule has 49 heavy (non-hydrogen) atoms. The van der Waals surface area contributed by atoms with Gasteiger partial charge in [0, 0.05) is 24.2 Å². The summed E-state index contributed by atoms with van der Waals surface area (Å²) in [6.45, 7) is 1.92. The molecule has 5 aromatic rings. The highest BCUT2D eigenvalue weighted by Gasteiger charge is 2.53. The monoisotopic (exact) mass is 714 g/mol. The van der Waals surface area contributed by atoms with Gasteiger partial charge in [-0.1, -0.05) is 127 Å². The standard InChI is InChI=1S/C38H33ClN2O2P.ClHO4/c39-37(31-18-8-2-9-19-31)40-35(38(42)41-26-28-43-29-27-41)36(30-16-6-1-7-17-30)44(32-20-10-3-11-21-32,33-22-12-4-13-23-33)34-24-14-5-15-25-34;2-1(3,4)5/h1-25H,26-29H2;(H,2,3,4,5)/q+1;/p-1/b36-35-,40-37?;. The predicted molar refractivity (Wildman–Crippen MR) is 185 cm³/mol. The Hall–Kier alpha value is -4.21. The summed E-state index contributed by atoms with van der Waals surface area (Å²) in [6, 6.07) is 51.4. The van der Waals surface area contributed by atoms with Gasteiger partial charge in [-0.15, -0.1) is 10.2 Å². The minimum atomic E-state index is -4.94. The molecule has 6 rings (SSSR count). The summed E-state index contributed by atoms with van der Waals surface area (Å²) >= 11 is 7.04. The molecule has 5 aromatic carbocycles. The predicted octanol–water partition coefficient (Wildman–Crippen LogP) is 2.14. The number of hydrogen-bond donors (Lipinski definition) is 0. The molecule has 11 heteroatoms. The summed E-state index contributed by atoms with van der Waals surface area (Å²) < 4.78 is 39.6. The smallest absolute Gasteiger partial charge is 0.276 e. The van der Waals surface area contributed by atoms with Crippen LogP contribution in [0, 0.1) is 10.2 Å². The minimum absolute atomic E-state index is 0.159. The number of halogens is 2. The normalized spacial score (nSPS) is 14.3. The minimum Gasteiger partial charge on any atom is -0.378 e. The number of aliphatic imine (C=N–C) groups is 1. The second-order valence-corrected chi connectivity index (χ2v) is 15.2. The van der Waals surface area contributed by atoms with Gasteiger partial charge in [0.2, 0.25) is 0 Å². The largest absolute Gasteiger partial charge is 0.378 e. The fraction of sp³-hybridized carbons (Fsp3) is 0.105. The van der Waals surface area contributed by atoms with E-state index in [0.717, 1.165) is 32.4 Å². The molecule has 0 aromatic heterocycles. The molecule has 1 aliphatic heterocycles. The second-order valence-electron chi connectivity index (χ2n) is 10.8. The maximum Gasteiger partial charge on any atom is 0.276 e. The third-order valence-corrected chi connectivity index (χ3v) is 12.4. The Kier molecular flexibility index (Phi) is 12.5. The molecule has 0 saturated carbocycles. The quantitative estimate of drug-likeness (QED) is 0.137. The van der Waals surface area contributed by atoms with Gasteiger partial charge in [0.25, 0.3) is 5.91 Å². The van der Waals surface area contributed by atoms with Gasteiger partial charge in [0.15, 0.2) is 5.70 Å². The van der Waals surface area contributed by atoms with E-state index < -0.39 is 17.5 Å². The summed E-state index contributed by atoms with van der Waals surface area (Å²) in [5.74, 6) is -0.159. The van der Waals surface area contributed by atoms with E-state index in [1.165, 1.54) is 0 Å². The van der Waals surface area contributed by atoms with Gasteiger partial charge in [0.1, 0.15) is 33.7 Å². The van der Waals surface area contributed by atoms with Gasteiger partial charge in [-0.05, 0) is 36.4 Å². The molecule has 0 bridgehead atoms. The lowest BCUT2D eigenvalue weighted by Crippen LogP contribution is -2.68. The van der Waals surface area contributed by atoms with Gasteiger partial charge in [-0.2, -0.15) is 0 Å². The van der Waals surface area contributed by atoms with Gasteiger partial charge in [-0.3, -0.25) is 4.79 Å². The van der Waals surface area contributed by atoms with Crippen LogP contribution in [-0.4, -0.2) is 42.3 Å². The van der Waals surface area contributed by atoms with Crippen LogP contribution in [0.5, 0.6) is 0 Å². The Balaban J connectivity index is 0.000000874. The first-order chi connectivity index (χ1) is 23.7. The average Bonchev–Trinajstić information content (AvgIpc) is 3.14. The van der Waals surface area contributed by atoms with Crippen molar-refractivity contribution in [3.05, 3.63) is 168 Å². The lowest BCUT2D eigenvalue weighted by molar-refractivity contribution is -2.00. The maximum absolute atomic E-state index is 14.9. The molecule has 0 aliphatic carbocycles. The van der Waals surface area contributed by atoms with Crippen molar-refractivity contribution in [2.75, 3.05) is 26.3 Å². The van der Waals surface area contributed by atoms with Crippen LogP contribution in [0.2, 0.25) is 0 Å². The number of benzene rings is 5. The molecule has 0 radical (unpaired) electrons. The van der Waals surface area contributed by atoms with Crippen LogP contribution in [-0.2, 0) is 9.53 Å². The first-order valence-electron chi connectivity index (χ1n) is 15.3. The average molecular weight is 716 g/mol. The highest BCUT2D eigenvalue weighted by Crippen LogP contribution is 2.67. The highest BCUT2D eigenvalue weighted by atomic mass is 35.7. The molecule has 1 aliphatic rings. The zero-order valence-corrected chi connectivity index (χ0v) is 28.7. The molecule has 0 N–H and O–H groups in total. The summed E-state index contributed by atoms with van der Waals surface area (Å²) in [6.07, 6.45) is 0. The number of amides is 1. The van der Waals surface area contributed by atoms with Gasteiger partial charge in [-0.25, -0.2) is 23.6 Å². The zero-order chi connectivity index (χ0) is 34.7. The Labute approximate surface area is 293 Å². The Morgan fingerprint density at radius 3 is 1.35 bits per heavy atom. The number of morpholine rings is 1. The molecular formula is C38H33Cl2N2O6P. The molecule has 8 nitrogen and oxygen atoms in total. The van der Waals surface area contributed by atoms with Gasteiger partial charge < -0.3 is 9.64 Å². The molecule has 250 valence electrons. The van der Waals surface area contributed by atoms with Crippen molar-refractivity contribution in [3.8, 4) is 0 Å². The maximum atomic E-state index is 14.9. The van der Waals surface area contributed by atoms with E-state index in [2.05, 4.69) is 84.9 Å². The Morgan fingerprint density at radius 2 is 0.959 bits per heavy atom. The number of rotatable bonds is 8. The third kappa shape index (κ3) is 9.08. The van der Waals surface area contributed by atoms with Crippen LogP contribution in [0.15, 0.2) is 162 Å². The highest BCUT2D eigenvalue weighted by molar-refractivity contribution is 8.03. The van der Waals surface area contributed by atoms with Crippen molar-refractivity contribution in [1.29, 1.82) is 0 Å². The van der Waals surface area contributed by atoms with Crippen LogP contribution in [0.1, 0.15) is 11.1 Å². The first-order valence-corrected chi connectivity index (χ1v) is 18.7. The van der Waals surface area contributed by atoms with E-state index in [4.69, 9.17) is 40.0 Å². The fourth-order valence-corrected chi connectivity index (χ4v) is 10.5. The van der Waals surface area contributed by atoms with Crippen molar-refractivity contribution in [1.82, 2.24) is 4.90 Å². The van der Waals surface area contributed by atoms with E-state index in [-0.39, 0.29) is 11.1 Å². The number of ether oxygens (including phenoxy) is 1. The number of carbonyl (C=O) groups is 1. The van der Waals surface area contributed by atoms with E-state index in [9.17, 15) is 4.79 Å². The third-order valence-electron chi connectivity index (χ3n) is 7.76. The second kappa shape index (κ2) is 16.9. The van der Waals surface area contributed by atoms with Crippen LogP contribution in [0.25, 0.3) is 5.31 Å². The van der Waals surface area contributed by atoms with E-state index in [0.29, 0.717) is 32.0 Å². The van der Waals surface area contributed by atoms with Crippen molar-refractivity contribution < 1.29 is 38.4 Å². The zero-order valence-electron chi connectivity index (χ0n) is 26.3. The van der Waals surface area contributed by atoms with E-state index in [1.807, 2.05) is 71.6 Å². The SMILES string of the molecule is O=C(/C(N=C(Cl)c1ccccc1)=C(\c1ccccc1)[P+](c1ccccc1)(c1ccccc1)c1ccccc1)N1CCOCC1.[O-][Cl+3]([O-])([O-])[O-]. The molecule has 0 unspecified atom stereocenters. The van der Waals surface area contributed by atoms with Gasteiger partial charge >= 0.3 is 0 Å². The number of carbonyl (C=O) groups excluding carboxylic acids is 1. The fourth-order valence-electron chi connectivity index (χ4n) is 5.73. The summed E-state index contributed by atoms with van der Waals surface area (Å²) in [5.41, 5.74) is 2.02. The van der Waals surface area contributed by atoms with Crippen molar-refractivity contribution in [2.45, 2.75) is 0 Å². The van der Waals surface area contributed by atoms with Crippen LogP contribution in [0.3, 0.4) is 0 Å². The van der Waals surface area contributed by atoms with Gasteiger partial charge in [0.05, 0.1) is 13.2 Å². The number of nitrogens with zero attached hydrogens (tertiary/aromatic N) is 2.